The summed E-state index contributed by atoms with van der Waals surface area (Å²) in [6.07, 6.45) is 0.988. The summed E-state index contributed by atoms with van der Waals surface area (Å²) in [7, 11) is 0. The number of nitrogens with zero attached hydrogens (tertiary/aromatic N) is 1. The van der Waals surface area contributed by atoms with E-state index < -0.39 is 23.1 Å². The van der Waals surface area contributed by atoms with Crippen LogP contribution in [-0.2, 0) is 11.3 Å². The first kappa shape index (κ1) is 18.8. The summed E-state index contributed by atoms with van der Waals surface area (Å²) in [5, 5.41) is 13.8. The van der Waals surface area contributed by atoms with Gasteiger partial charge in [-0.1, -0.05) is 32.9 Å². The summed E-state index contributed by atoms with van der Waals surface area (Å²) in [5.41, 5.74) is -1.33. The van der Waals surface area contributed by atoms with Crippen molar-refractivity contribution in [3.05, 3.63) is 35.4 Å². The number of benzene rings is 1. The van der Waals surface area contributed by atoms with E-state index in [0.29, 0.717) is 25.9 Å². The van der Waals surface area contributed by atoms with E-state index in [4.69, 9.17) is 0 Å². The molecular weight excluding hydrogens is 314 g/mol. The van der Waals surface area contributed by atoms with Crippen LogP contribution in [-0.4, -0.2) is 41.1 Å². The van der Waals surface area contributed by atoms with E-state index in [0.717, 1.165) is 6.07 Å². The van der Waals surface area contributed by atoms with E-state index in [1.165, 1.54) is 17.0 Å². The Labute approximate surface area is 141 Å². The first-order valence-electron chi connectivity index (χ1n) is 8.28. The van der Waals surface area contributed by atoms with Gasteiger partial charge < -0.3 is 15.3 Å². The number of carbonyl (C=O) groups is 1. The van der Waals surface area contributed by atoms with Crippen LogP contribution in [0.15, 0.2) is 18.2 Å². The highest BCUT2D eigenvalue weighted by Gasteiger charge is 2.42. The smallest absolute Gasteiger partial charge is 0.256 e. The average Bonchev–Trinajstić information content (AvgIpc) is 2.47. The minimum absolute atomic E-state index is 0.0377. The normalized spacial score (nSPS) is 22.1. The molecule has 4 nitrogen and oxygen atoms in total. The molecule has 2 N–H and O–H groups in total. The number of likely N-dealkylation sites (tertiary alicyclic amines) is 1. The maximum atomic E-state index is 13.8. The molecule has 0 aromatic heterocycles. The van der Waals surface area contributed by atoms with Crippen LogP contribution < -0.4 is 5.32 Å². The molecule has 2 rings (SSSR count). The topological polar surface area (TPSA) is 52.6 Å². The van der Waals surface area contributed by atoms with Gasteiger partial charge in [0.1, 0.15) is 0 Å². The van der Waals surface area contributed by atoms with Gasteiger partial charge in [-0.25, -0.2) is 8.78 Å². The molecule has 0 spiro atoms. The largest absolute Gasteiger partial charge is 0.379 e. The Bertz CT molecular complexity index is 601. The summed E-state index contributed by atoms with van der Waals surface area (Å²) in [6.45, 7) is 7.40. The Morgan fingerprint density at radius 1 is 1.33 bits per heavy atom. The molecule has 134 valence electrons. The number of carbonyl (C=O) groups excluding carboxylic acids is 1. The van der Waals surface area contributed by atoms with E-state index in [1.807, 2.05) is 0 Å². The van der Waals surface area contributed by atoms with Crippen LogP contribution in [0.3, 0.4) is 0 Å². The zero-order chi connectivity index (χ0) is 18.0. The molecule has 1 saturated heterocycles. The lowest BCUT2D eigenvalue weighted by Crippen LogP contribution is -2.58. The second kappa shape index (κ2) is 7.15. The molecule has 6 heteroatoms. The third-order valence-electron chi connectivity index (χ3n) is 4.17. The zero-order valence-electron chi connectivity index (χ0n) is 14.5. The third kappa shape index (κ3) is 4.51. The van der Waals surface area contributed by atoms with E-state index in [2.05, 4.69) is 26.1 Å². The minimum atomic E-state index is -1.49. The molecule has 1 aromatic rings. The number of aliphatic hydroxyl groups is 1. The standard InChI is InChI=1S/C18H26F2N2O2/c1-17(2,3)11-21-12-18(24)8-5-9-22(16(18)23)10-13-6-4-7-14(19)15(13)20/h4,6-7,21,24H,5,8-12H2,1-3H3. The number of hydrogen-bond donors (Lipinski definition) is 2. The van der Waals surface area contributed by atoms with E-state index in [-0.39, 0.29) is 24.1 Å². The van der Waals surface area contributed by atoms with Crippen LogP contribution in [0.4, 0.5) is 8.78 Å². The van der Waals surface area contributed by atoms with Crippen molar-refractivity contribution < 1.29 is 18.7 Å². The lowest BCUT2D eigenvalue weighted by Gasteiger charge is -2.39. The molecular formula is C18H26F2N2O2. The van der Waals surface area contributed by atoms with Crippen molar-refractivity contribution in [2.45, 2.75) is 45.8 Å². The molecule has 1 aromatic carbocycles. The third-order valence-corrected chi connectivity index (χ3v) is 4.17. The van der Waals surface area contributed by atoms with E-state index in [9.17, 15) is 18.7 Å². The number of amides is 1. The van der Waals surface area contributed by atoms with Gasteiger partial charge in [-0.15, -0.1) is 0 Å². The Kier molecular flexibility index (Phi) is 5.60. The van der Waals surface area contributed by atoms with Gasteiger partial charge >= 0.3 is 0 Å². The van der Waals surface area contributed by atoms with Crippen LogP contribution >= 0.6 is 0 Å². The highest BCUT2D eigenvalue weighted by atomic mass is 19.2. The fourth-order valence-electron chi connectivity index (χ4n) is 2.90. The van der Waals surface area contributed by atoms with E-state index >= 15 is 0 Å². The lowest BCUT2D eigenvalue weighted by atomic mass is 9.90. The zero-order valence-corrected chi connectivity index (χ0v) is 14.5. The Morgan fingerprint density at radius 2 is 2.04 bits per heavy atom. The summed E-state index contributed by atoms with van der Waals surface area (Å²) in [4.78, 5) is 14.0. The summed E-state index contributed by atoms with van der Waals surface area (Å²) >= 11 is 0. The molecule has 1 heterocycles. The molecule has 0 radical (unpaired) electrons. The van der Waals surface area contributed by atoms with Gasteiger partial charge in [-0.2, -0.15) is 0 Å². The van der Waals surface area contributed by atoms with E-state index in [1.54, 1.807) is 0 Å². The molecule has 0 saturated carbocycles. The van der Waals surface area contributed by atoms with Gasteiger partial charge in [-0.3, -0.25) is 4.79 Å². The van der Waals surface area contributed by atoms with Gasteiger partial charge in [0, 0.05) is 31.7 Å². The SMILES string of the molecule is CC(C)(C)CNCC1(O)CCCN(Cc2cccc(F)c2F)C1=O. The summed E-state index contributed by atoms with van der Waals surface area (Å²) in [6, 6.07) is 3.92. The Hall–Kier alpha value is -1.53. The van der Waals surface area contributed by atoms with Crippen LogP contribution in [0.5, 0.6) is 0 Å². The number of rotatable bonds is 5. The molecule has 1 aliphatic heterocycles. The number of halogens is 2. The predicted molar refractivity (Wildman–Crippen MR) is 88.3 cm³/mol. The molecule has 0 bridgehead atoms. The second-order valence-corrected chi connectivity index (χ2v) is 7.74. The Balaban J connectivity index is 2.05. The highest BCUT2D eigenvalue weighted by Crippen LogP contribution is 2.25. The molecule has 1 atom stereocenters. The first-order chi connectivity index (χ1) is 11.1. The molecule has 1 unspecified atom stereocenters. The fourth-order valence-corrected chi connectivity index (χ4v) is 2.90. The minimum Gasteiger partial charge on any atom is -0.379 e. The van der Waals surface area contributed by atoms with Crippen molar-refractivity contribution in [3.63, 3.8) is 0 Å². The molecule has 1 amide bonds. The fraction of sp³-hybridized carbons (Fsp3) is 0.611. The van der Waals surface area contributed by atoms with Crippen molar-refractivity contribution >= 4 is 5.91 Å². The number of piperidine rings is 1. The lowest BCUT2D eigenvalue weighted by molar-refractivity contribution is -0.157. The number of hydrogen-bond acceptors (Lipinski definition) is 3. The quantitative estimate of drug-likeness (QED) is 0.866. The second-order valence-electron chi connectivity index (χ2n) is 7.74. The molecule has 24 heavy (non-hydrogen) atoms. The summed E-state index contributed by atoms with van der Waals surface area (Å²) < 4.78 is 27.1. The molecule has 0 aliphatic carbocycles. The maximum Gasteiger partial charge on any atom is 0.256 e. The number of nitrogens with one attached hydrogen (secondary N) is 1. The van der Waals surface area contributed by atoms with Gasteiger partial charge in [0.15, 0.2) is 17.2 Å². The molecule has 1 aliphatic rings. The van der Waals surface area contributed by atoms with Crippen LogP contribution in [0, 0.1) is 17.0 Å². The van der Waals surface area contributed by atoms with Gasteiger partial charge in [0.05, 0.1) is 0 Å². The first-order valence-corrected chi connectivity index (χ1v) is 8.28. The average molecular weight is 340 g/mol. The van der Waals surface area contributed by atoms with Crippen molar-refractivity contribution in [3.8, 4) is 0 Å². The van der Waals surface area contributed by atoms with Gasteiger partial charge in [-0.05, 0) is 24.3 Å². The Morgan fingerprint density at radius 3 is 2.71 bits per heavy atom. The van der Waals surface area contributed by atoms with Crippen molar-refractivity contribution in [1.82, 2.24) is 10.2 Å². The predicted octanol–water partition coefficient (Wildman–Crippen LogP) is 2.45. The van der Waals surface area contributed by atoms with Crippen molar-refractivity contribution in [2.75, 3.05) is 19.6 Å². The summed E-state index contributed by atoms with van der Waals surface area (Å²) in [5.74, 6) is -2.30. The highest BCUT2D eigenvalue weighted by molar-refractivity contribution is 5.86. The van der Waals surface area contributed by atoms with Gasteiger partial charge in [0.2, 0.25) is 0 Å². The van der Waals surface area contributed by atoms with Crippen LogP contribution in [0.2, 0.25) is 0 Å². The van der Waals surface area contributed by atoms with Crippen molar-refractivity contribution in [2.24, 2.45) is 5.41 Å². The van der Waals surface area contributed by atoms with Crippen molar-refractivity contribution in [1.29, 1.82) is 0 Å². The molecule has 1 fully saturated rings. The maximum absolute atomic E-state index is 13.8. The van der Waals surface area contributed by atoms with Gasteiger partial charge in [0.25, 0.3) is 5.91 Å². The monoisotopic (exact) mass is 340 g/mol. The van der Waals surface area contributed by atoms with Crippen LogP contribution in [0.25, 0.3) is 0 Å². The van der Waals surface area contributed by atoms with Crippen LogP contribution in [0.1, 0.15) is 39.2 Å².